The van der Waals surface area contributed by atoms with Crippen molar-refractivity contribution in [2.45, 2.75) is 44.2 Å². The lowest BCUT2D eigenvalue weighted by Crippen LogP contribution is -2.47. The fourth-order valence-electron chi connectivity index (χ4n) is 3.96. The lowest BCUT2D eigenvalue weighted by Gasteiger charge is -2.26. The molecule has 1 aromatic carbocycles. The Labute approximate surface area is 178 Å². The maximum atomic E-state index is 12.8. The second-order valence-electron chi connectivity index (χ2n) is 7.98. The van der Waals surface area contributed by atoms with Crippen molar-refractivity contribution in [1.82, 2.24) is 16.0 Å². The molecule has 7 N–H and O–H groups in total. The number of carbonyl (C=O) groups is 1. The molecule has 1 saturated carbocycles. The van der Waals surface area contributed by atoms with E-state index in [9.17, 15) is 4.79 Å². The Kier molecular flexibility index (Phi) is 8.10. The number of anilines is 1. The van der Waals surface area contributed by atoms with Gasteiger partial charge in [-0.05, 0) is 50.2 Å². The standard InChI is InChI=1S/C22H34N6O2/c1-25-22(29)19(20(24)28-18-9-5-8-17(18)23)21(27-16-6-3-2-4-7-16)26-14-15-10-12-30-13-11-15/h2-4,6-7,15,17-18,26-27H,5,8-14,23H2,1H3,(H2,24,28)(H,25,29)/b21-19-/t17-,18+/m1/s1. The van der Waals surface area contributed by atoms with Gasteiger partial charge in [0.05, 0.1) is 0 Å². The van der Waals surface area contributed by atoms with E-state index >= 15 is 0 Å². The van der Waals surface area contributed by atoms with Crippen molar-refractivity contribution in [2.75, 3.05) is 32.1 Å². The lowest BCUT2D eigenvalue weighted by molar-refractivity contribution is -0.116. The monoisotopic (exact) mass is 414 g/mol. The Bertz CT molecular complexity index is 745. The number of nitrogens with one attached hydrogen (secondary N) is 5. The summed E-state index contributed by atoms with van der Waals surface area (Å²) in [7, 11) is 1.58. The van der Waals surface area contributed by atoms with Crippen LogP contribution in [0.3, 0.4) is 0 Å². The maximum Gasteiger partial charge on any atom is 0.258 e. The molecule has 0 aromatic heterocycles. The van der Waals surface area contributed by atoms with Gasteiger partial charge in [-0.15, -0.1) is 0 Å². The van der Waals surface area contributed by atoms with Crippen LogP contribution in [0, 0.1) is 11.3 Å². The number of amides is 1. The first-order chi connectivity index (χ1) is 14.6. The van der Waals surface area contributed by atoms with Gasteiger partial charge in [0.15, 0.2) is 0 Å². The second-order valence-corrected chi connectivity index (χ2v) is 7.98. The van der Waals surface area contributed by atoms with Crippen LogP contribution in [0.25, 0.3) is 0 Å². The summed E-state index contributed by atoms with van der Waals surface area (Å²) in [6.45, 7) is 2.22. The second kappa shape index (κ2) is 11.0. The van der Waals surface area contributed by atoms with Crippen LogP contribution in [0.15, 0.2) is 41.7 Å². The van der Waals surface area contributed by atoms with E-state index in [1.54, 1.807) is 7.05 Å². The number of nitrogens with two attached hydrogens (primary N) is 1. The van der Waals surface area contributed by atoms with Crippen LogP contribution >= 0.6 is 0 Å². The first-order valence-corrected chi connectivity index (χ1v) is 10.8. The SMILES string of the molecule is CNC(=O)/C(C(=N)N[C@H]1CCC[C@H]1N)=C(/NCC1CCOCC1)Nc1ccccc1. The molecule has 2 aliphatic rings. The van der Waals surface area contributed by atoms with Crippen molar-refractivity contribution in [2.24, 2.45) is 11.7 Å². The highest BCUT2D eigenvalue weighted by atomic mass is 16.5. The summed E-state index contributed by atoms with van der Waals surface area (Å²) in [6.07, 6.45) is 4.83. The molecule has 1 amide bonds. The first kappa shape index (κ1) is 22.1. The van der Waals surface area contributed by atoms with E-state index in [4.69, 9.17) is 15.9 Å². The van der Waals surface area contributed by atoms with Gasteiger partial charge in [-0.25, -0.2) is 0 Å². The Hall–Kier alpha value is -2.58. The van der Waals surface area contributed by atoms with Gasteiger partial charge in [0.2, 0.25) is 0 Å². The summed E-state index contributed by atoms with van der Waals surface area (Å²) in [5.41, 5.74) is 7.28. The minimum absolute atomic E-state index is 0.00276. The van der Waals surface area contributed by atoms with E-state index in [0.29, 0.717) is 18.3 Å². The van der Waals surface area contributed by atoms with Crippen molar-refractivity contribution < 1.29 is 9.53 Å². The molecule has 30 heavy (non-hydrogen) atoms. The summed E-state index contributed by atoms with van der Waals surface area (Å²) < 4.78 is 5.45. The van der Waals surface area contributed by atoms with E-state index in [-0.39, 0.29) is 29.4 Å². The molecule has 164 valence electrons. The molecule has 0 unspecified atom stereocenters. The number of amidine groups is 1. The van der Waals surface area contributed by atoms with Crippen molar-refractivity contribution in [3.8, 4) is 0 Å². The molecule has 8 nitrogen and oxygen atoms in total. The fourth-order valence-corrected chi connectivity index (χ4v) is 3.96. The molecule has 0 radical (unpaired) electrons. The zero-order chi connectivity index (χ0) is 21.3. The Balaban J connectivity index is 1.85. The third kappa shape index (κ3) is 5.96. The van der Waals surface area contributed by atoms with Crippen LogP contribution in [0.2, 0.25) is 0 Å². The molecule has 2 atom stereocenters. The normalized spacial score (nSPS) is 22.7. The van der Waals surface area contributed by atoms with Crippen molar-refractivity contribution in [1.29, 1.82) is 5.41 Å². The largest absolute Gasteiger partial charge is 0.381 e. The number of ether oxygens (including phenoxy) is 1. The van der Waals surface area contributed by atoms with E-state index in [1.807, 2.05) is 30.3 Å². The van der Waals surface area contributed by atoms with Gasteiger partial charge in [0, 0.05) is 44.6 Å². The van der Waals surface area contributed by atoms with Gasteiger partial charge in [-0.2, -0.15) is 0 Å². The molecule has 8 heteroatoms. The zero-order valence-electron chi connectivity index (χ0n) is 17.7. The van der Waals surface area contributed by atoms with Gasteiger partial charge in [0.1, 0.15) is 17.2 Å². The van der Waals surface area contributed by atoms with Gasteiger partial charge >= 0.3 is 0 Å². The summed E-state index contributed by atoms with van der Waals surface area (Å²) in [5, 5.41) is 21.3. The van der Waals surface area contributed by atoms with Crippen LogP contribution in [-0.4, -0.2) is 50.6 Å². The smallest absolute Gasteiger partial charge is 0.258 e. The third-order valence-electron chi connectivity index (χ3n) is 5.80. The predicted molar refractivity (Wildman–Crippen MR) is 119 cm³/mol. The lowest BCUT2D eigenvalue weighted by atomic mass is 10.0. The summed E-state index contributed by atoms with van der Waals surface area (Å²) in [4.78, 5) is 12.8. The van der Waals surface area contributed by atoms with E-state index in [0.717, 1.165) is 51.0 Å². The number of carbonyl (C=O) groups excluding carboxylic acids is 1. The third-order valence-corrected chi connectivity index (χ3v) is 5.80. The molecular weight excluding hydrogens is 380 g/mol. The van der Waals surface area contributed by atoms with E-state index in [1.165, 1.54) is 0 Å². The van der Waals surface area contributed by atoms with Crippen molar-refractivity contribution in [3.05, 3.63) is 41.7 Å². The number of para-hydroxylation sites is 1. The summed E-state index contributed by atoms with van der Waals surface area (Å²) in [5.74, 6) is 0.741. The van der Waals surface area contributed by atoms with Gasteiger partial charge in [0.25, 0.3) is 5.91 Å². The molecule has 1 saturated heterocycles. The highest BCUT2D eigenvalue weighted by Gasteiger charge is 2.28. The average Bonchev–Trinajstić information content (AvgIpc) is 3.17. The summed E-state index contributed by atoms with van der Waals surface area (Å²) in [6, 6.07) is 9.67. The maximum absolute atomic E-state index is 12.8. The molecule has 1 aromatic rings. The predicted octanol–water partition coefficient (Wildman–Crippen LogP) is 1.52. The minimum Gasteiger partial charge on any atom is -0.381 e. The van der Waals surface area contributed by atoms with Crippen LogP contribution in [-0.2, 0) is 9.53 Å². The number of hydrogen-bond acceptors (Lipinski definition) is 6. The fraction of sp³-hybridized carbons (Fsp3) is 0.545. The van der Waals surface area contributed by atoms with Crippen LogP contribution in [0.1, 0.15) is 32.1 Å². The number of likely N-dealkylation sites (N-methyl/N-ethyl adjacent to an activating group) is 1. The Morgan fingerprint density at radius 1 is 1.17 bits per heavy atom. The molecular formula is C22H34N6O2. The molecule has 1 aliphatic carbocycles. The number of rotatable bonds is 8. The number of benzene rings is 1. The minimum atomic E-state index is -0.322. The van der Waals surface area contributed by atoms with Crippen LogP contribution < -0.4 is 27.0 Å². The van der Waals surface area contributed by atoms with E-state index in [2.05, 4.69) is 21.3 Å². The molecule has 0 bridgehead atoms. The highest BCUT2D eigenvalue weighted by molar-refractivity contribution is 6.20. The highest BCUT2D eigenvalue weighted by Crippen LogP contribution is 2.19. The Morgan fingerprint density at radius 2 is 1.90 bits per heavy atom. The number of hydrogen-bond donors (Lipinski definition) is 6. The van der Waals surface area contributed by atoms with Crippen LogP contribution in [0.4, 0.5) is 5.69 Å². The molecule has 0 spiro atoms. The summed E-state index contributed by atoms with van der Waals surface area (Å²) >= 11 is 0. The van der Waals surface area contributed by atoms with Gasteiger partial charge in [-0.1, -0.05) is 18.2 Å². The first-order valence-electron chi connectivity index (χ1n) is 10.8. The molecule has 1 heterocycles. The van der Waals surface area contributed by atoms with Gasteiger partial charge in [-0.3, -0.25) is 10.2 Å². The van der Waals surface area contributed by atoms with Crippen molar-refractivity contribution in [3.63, 3.8) is 0 Å². The quantitative estimate of drug-likeness (QED) is 0.218. The van der Waals surface area contributed by atoms with Crippen LogP contribution in [0.5, 0.6) is 0 Å². The average molecular weight is 415 g/mol. The van der Waals surface area contributed by atoms with E-state index < -0.39 is 0 Å². The molecule has 3 rings (SSSR count). The topological polar surface area (TPSA) is 124 Å². The van der Waals surface area contributed by atoms with Gasteiger partial charge < -0.3 is 31.7 Å². The molecule has 1 aliphatic heterocycles. The Morgan fingerprint density at radius 3 is 2.53 bits per heavy atom. The molecule has 2 fully saturated rings. The van der Waals surface area contributed by atoms with Crippen molar-refractivity contribution >= 4 is 17.4 Å². The zero-order valence-corrected chi connectivity index (χ0v) is 17.7.